The van der Waals surface area contributed by atoms with E-state index in [1.165, 1.54) is 9.13 Å². The lowest BCUT2D eigenvalue weighted by atomic mass is 10.1. The normalized spacial score (nSPS) is 19.1. The molecule has 0 amide bonds. The molecule has 0 bridgehead atoms. The van der Waals surface area contributed by atoms with Gasteiger partial charge in [-0.15, -0.1) is 0 Å². The zero-order chi connectivity index (χ0) is 15.7. The van der Waals surface area contributed by atoms with Gasteiger partial charge in [0.2, 0.25) is 0 Å². The van der Waals surface area contributed by atoms with Crippen LogP contribution in [0.4, 0.5) is 0 Å². The van der Waals surface area contributed by atoms with E-state index in [9.17, 15) is 9.59 Å². The third kappa shape index (κ3) is 2.43. The lowest BCUT2D eigenvalue weighted by Crippen LogP contribution is -2.43. The molecule has 1 fully saturated rings. The highest BCUT2D eigenvalue weighted by Crippen LogP contribution is 2.19. The van der Waals surface area contributed by atoms with Crippen molar-refractivity contribution in [2.75, 3.05) is 20.2 Å². The Labute approximate surface area is 128 Å². The zero-order valence-electron chi connectivity index (χ0n) is 13.0. The molecule has 1 N–H and O–H groups in total. The summed E-state index contributed by atoms with van der Waals surface area (Å²) in [5.41, 5.74) is 0.126. The SMILES string of the molecule is COc1ccc2c(=O)n(C3CCCCNC3)c(=O)n(C)c2c1. The molecule has 2 heterocycles. The summed E-state index contributed by atoms with van der Waals surface area (Å²) < 4.78 is 8.13. The highest BCUT2D eigenvalue weighted by molar-refractivity contribution is 5.79. The largest absolute Gasteiger partial charge is 0.497 e. The first kappa shape index (κ1) is 14.8. The topological polar surface area (TPSA) is 65.3 Å². The Bertz CT molecular complexity index is 799. The van der Waals surface area contributed by atoms with E-state index < -0.39 is 0 Å². The number of nitrogens with zero attached hydrogens (tertiary/aromatic N) is 2. The highest BCUT2D eigenvalue weighted by Gasteiger charge is 2.20. The Kier molecular flexibility index (Phi) is 4.02. The fourth-order valence-electron chi connectivity index (χ4n) is 3.12. The number of rotatable bonds is 2. The van der Waals surface area contributed by atoms with Crippen molar-refractivity contribution >= 4 is 10.9 Å². The van der Waals surface area contributed by atoms with E-state index in [1.807, 2.05) is 0 Å². The van der Waals surface area contributed by atoms with Gasteiger partial charge >= 0.3 is 5.69 Å². The molecule has 22 heavy (non-hydrogen) atoms. The highest BCUT2D eigenvalue weighted by atomic mass is 16.5. The van der Waals surface area contributed by atoms with Crippen molar-refractivity contribution in [3.8, 4) is 5.75 Å². The van der Waals surface area contributed by atoms with Crippen LogP contribution < -0.4 is 21.3 Å². The quantitative estimate of drug-likeness (QED) is 0.900. The fraction of sp³-hybridized carbons (Fsp3) is 0.500. The third-order valence-corrected chi connectivity index (χ3v) is 4.39. The monoisotopic (exact) mass is 303 g/mol. The average Bonchev–Trinajstić information content (AvgIpc) is 2.81. The maximum absolute atomic E-state index is 12.8. The predicted octanol–water partition coefficient (Wildman–Crippen LogP) is 1.02. The number of fused-ring (bicyclic) bond motifs is 1. The van der Waals surface area contributed by atoms with Gasteiger partial charge in [0.1, 0.15) is 5.75 Å². The van der Waals surface area contributed by atoms with E-state index in [-0.39, 0.29) is 17.3 Å². The molecule has 1 aliphatic rings. The second-order valence-electron chi connectivity index (χ2n) is 5.75. The van der Waals surface area contributed by atoms with E-state index in [0.29, 0.717) is 23.2 Å². The number of aromatic nitrogens is 2. The first-order chi connectivity index (χ1) is 10.6. The molecule has 6 heteroatoms. The van der Waals surface area contributed by atoms with Crippen LogP contribution in [-0.2, 0) is 7.05 Å². The number of hydrogen-bond donors (Lipinski definition) is 1. The van der Waals surface area contributed by atoms with E-state index in [0.717, 1.165) is 25.8 Å². The lowest BCUT2D eigenvalue weighted by Gasteiger charge is -2.19. The molecule has 0 saturated carbocycles. The summed E-state index contributed by atoms with van der Waals surface area (Å²) in [4.78, 5) is 25.5. The Morgan fingerprint density at radius 3 is 2.86 bits per heavy atom. The van der Waals surface area contributed by atoms with E-state index in [4.69, 9.17) is 4.74 Å². The summed E-state index contributed by atoms with van der Waals surface area (Å²) in [5.74, 6) is 0.635. The van der Waals surface area contributed by atoms with Crippen LogP contribution in [-0.4, -0.2) is 29.3 Å². The fourth-order valence-corrected chi connectivity index (χ4v) is 3.12. The molecule has 6 nitrogen and oxygen atoms in total. The lowest BCUT2D eigenvalue weighted by molar-refractivity contribution is 0.414. The minimum absolute atomic E-state index is 0.0831. The van der Waals surface area contributed by atoms with Gasteiger partial charge in [-0.05, 0) is 31.5 Å². The molecule has 0 radical (unpaired) electrons. The molecule has 1 aromatic carbocycles. The van der Waals surface area contributed by atoms with Gasteiger partial charge in [0.15, 0.2) is 0 Å². The van der Waals surface area contributed by atoms with Crippen LogP contribution in [0.3, 0.4) is 0 Å². The number of methoxy groups -OCH3 is 1. The standard InChI is InChI=1S/C16H21N3O3/c1-18-14-9-12(22-2)6-7-13(14)15(20)19(16(18)21)11-5-3-4-8-17-10-11/h6-7,9,11,17H,3-5,8,10H2,1-2H3. The Balaban J connectivity index is 2.23. The molecule has 0 spiro atoms. The number of ether oxygens (including phenoxy) is 1. The van der Waals surface area contributed by atoms with Crippen LogP contribution in [0.1, 0.15) is 25.3 Å². The van der Waals surface area contributed by atoms with Crippen LogP contribution in [0.15, 0.2) is 27.8 Å². The molecule has 1 unspecified atom stereocenters. The maximum atomic E-state index is 12.8. The van der Waals surface area contributed by atoms with E-state index in [2.05, 4.69) is 5.32 Å². The molecule has 118 valence electrons. The second-order valence-corrected chi connectivity index (χ2v) is 5.75. The molecular formula is C16H21N3O3. The Morgan fingerprint density at radius 2 is 2.09 bits per heavy atom. The molecule has 3 rings (SSSR count). The first-order valence-corrected chi connectivity index (χ1v) is 7.63. The van der Waals surface area contributed by atoms with Gasteiger partial charge in [-0.2, -0.15) is 0 Å². The minimum Gasteiger partial charge on any atom is -0.497 e. The van der Waals surface area contributed by atoms with Gasteiger partial charge < -0.3 is 10.1 Å². The number of aryl methyl sites for hydroxylation is 1. The number of benzene rings is 1. The zero-order valence-corrected chi connectivity index (χ0v) is 13.0. The van der Waals surface area contributed by atoms with Crippen LogP contribution in [0.25, 0.3) is 10.9 Å². The van der Waals surface area contributed by atoms with Crippen LogP contribution in [0.5, 0.6) is 5.75 Å². The smallest absolute Gasteiger partial charge is 0.331 e. The summed E-state index contributed by atoms with van der Waals surface area (Å²) in [7, 11) is 3.27. The Morgan fingerprint density at radius 1 is 1.27 bits per heavy atom. The van der Waals surface area contributed by atoms with Crippen molar-refractivity contribution < 1.29 is 4.74 Å². The van der Waals surface area contributed by atoms with E-state index in [1.54, 1.807) is 32.4 Å². The molecule has 2 aromatic rings. The average molecular weight is 303 g/mol. The van der Waals surface area contributed by atoms with Crippen molar-refractivity contribution in [2.24, 2.45) is 7.05 Å². The molecular weight excluding hydrogens is 282 g/mol. The third-order valence-electron chi connectivity index (χ3n) is 4.39. The van der Waals surface area contributed by atoms with Gasteiger partial charge in [0.05, 0.1) is 24.1 Å². The first-order valence-electron chi connectivity index (χ1n) is 7.63. The van der Waals surface area contributed by atoms with Gasteiger partial charge in [-0.25, -0.2) is 4.79 Å². The van der Waals surface area contributed by atoms with Crippen LogP contribution in [0.2, 0.25) is 0 Å². The van der Waals surface area contributed by atoms with E-state index >= 15 is 0 Å². The van der Waals surface area contributed by atoms with Gasteiger partial charge in [0.25, 0.3) is 5.56 Å². The van der Waals surface area contributed by atoms with Gasteiger partial charge in [0, 0.05) is 19.7 Å². The molecule has 1 saturated heterocycles. The molecule has 1 atom stereocenters. The summed E-state index contributed by atoms with van der Waals surface area (Å²) in [6, 6.07) is 5.13. The van der Waals surface area contributed by atoms with Crippen LogP contribution >= 0.6 is 0 Å². The Hall–Kier alpha value is -2.08. The summed E-state index contributed by atoms with van der Waals surface area (Å²) in [6.45, 7) is 1.60. The van der Waals surface area contributed by atoms with Crippen LogP contribution in [0, 0.1) is 0 Å². The summed E-state index contributed by atoms with van der Waals surface area (Å²) >= 11 is 0. The van der Waals surface area contributed by atoms with Crippen molar-refractivity contribution in [3.05, 3.63) is 39.0 Å². The summed E-state index contributed by atoms with van der Waals surface area (Å²) in [6.07, 6.45) is 2.95. The van der Waals surface area contributed by atoms with Gasteiger partial charge in [-0.3, -0.25) is 13.9 Å². The number of hydrogen-bond acceptors (Lipinski definition) is 4. The maximum Gasteiger partial charge on any atom is 0.331 e. The predicted molar refractivity (Wildman–Crippen MR) is 85.8 cm³/mol. The minimum atomic E-state index is -0.264. The molecule has 0 aliphatic carbocycles. The summed E-state index contributed by atoms with van der Waals surface area (Å²) in [5, 5.41) is 3.86. The molecule has 1 aliphatic heterocycles. The van der Waals surface area contributed by atoms with Crippen molar-refractivity contribution in [3.63, 3.8) is 0 Å². The number of nitrogens with one attached hydrogen (secondary N) is 1. The second kappa shape index (κ2) is 5.96. The van der Waals surface area contributed by atoms with Crippen molar-refractivity contribution in [2.45, 2.75) is 25.3 Å². The van der Waals surface area contributed by atoms with Crippen molar-refractivity contribution in [1.29, 1.82) is 0 Å². The molecule has 1 aromatic heterocycles. The van der Waals surface area contributed by atoms with Crippen molar-refractivity contribution in [1.82, 2.24) is 14.5 Å². The van der Waals surface area contributed by atoms with Gasteiger partial charge in [-0.1, -0.05) is 6.42 Å².